The maximum Gasteiger partial charge on any atom is 0.259 e. The molecule has 0 radical (unpaired) electrons. The van der Waals surface area contributed by atoms with E-state index in [1.807, 2.05) is 24.3 Å². The fourth-order valence-corrected chi connectivity index (χ4v) is 3.67. The monoisotopic (exact) mass is 470 g/mol. The Balaban J connectivity index is 1.68. The van der Waals surface area contributed by atoms with Crippen molar-refractivity contribution < 1.29 is 14.3 Å². The quantitative estimate of drug-likeness (QED) is 0.430. The molecule has 0 saturated carbocycles. The highest BCUT2D eigenvalue weighted by Gasteiger charge is 2.17. The Bertz CT molecular complexity index is 1140. The van der Waals surface area contributed by atoms with Crippen molar-refractivity contribution in [3.63, 3.8) is 0 Å². The van der Waals surface area contributed by atoms with Crippen LogP contribution in [-0.2, 0) is 5.41 Å². The lowest BCUT2D eigenvalue weighted by atomic mass is 9.87. The number of benzene rings is 3. The minimum atomic E-state index is -0.415. The van der Waals surface area contributed by atoms with Gasteiger partial charge < -0.3 is 15.4 Å². The van der Waals surface area contributed by atoms with E-state index < -0.39 is 5.91 Å². The molecule has 0 aliphatic heterocycles. The van der Waals surface area contributed by atoms with Crippen LogP contribution in [0.15, 0.2) is 60.7 Å². The second-order valence-corrected chi connectivity index (χ2v) is 9.13. The molecule has 2 amide bonds. The summed E-state index contributed by atoms with van der Waals surface area (Å²) in [5.74, 6) is -0.377. The van der Waals surface area contributed by atoms with Gasteiger partial charge in [0.25, 0.3) is 11.8 Å². The molecule has 0 heterocycles. The Hall–Kier alpha value is -3.02. The minimum Gasteiger partial charge on any atom is -0.494 e. The third kappa shape index (κ3) is 5.61. The number of hydrogen-bond donors (Lipinski definition) is 2. The van der Waals surface area contributed by atoms with E-state index in [4.69, 9.17) is 27.9 Å². The van der Waals surface area contributed by atoms with Crippen molar-refractivity contribution in [3.05, 3.63) is 87.4 Å². The van der Waals surface area contributed by atoms with Crippen LogP contribution in [0, 0.1) is 0 Å². The van der Waals surface area contributed by atoms with Gasteiger partial charge in [0.2, 0.25) is 0 Å². The molecule has 0 aliphatic carbocycles. The SMILES string of the molecule is COc1c(Cl)cc(Cl)cc1C(=O)Nc1ccc(NC(=O)c2ccc(C(C)(C)C)cc2)cc1. The Labute approximate surface area is 197 Å². The van der Waals surface area contributed by atoms with Gasteiger partial charge in [0.1, 0.15) is 5.75 Å². The number of hydrogen-bond acceptors (Lipinski definition) is 3. The fraction of sp³-hybridized carbons (Fsp3) is 0.200. The van der Waals surface area contributed by atoms with E-state index in [9.17, 15) is 9.59 Å². The third-order valence-corrected chi connectivity index (χ3v) is 5.37. The molecule has 0 unspecified atom stereocenters. The van der Waals surface area contributed by atoms with Crippen molar-refractivity contribution in [2.24, 2.45) is 0 Å². The van der Waals surface area contributed by atoms with Crippen molar-refractivity contribution >= 4 is 46.4 Å². The van der Waals surface area contributed by atoms with Crippen molar-refractivity contribution in [2.45, 2.75) is 26.2 Å². The normalized spacial score (nSPS) is 11.1. The molecule has 3 aromatic carbocycles. The highest BCUT2D eigenvalue weighted by atomic mass is 35.5. The molecule has 0 atom stereocenters. The first kappa shape index (κ1) is 23.6. The van der Waals surface area contributed by atoms with Crippen LogP contribution in [0.1, 0.15) is 47.1 Å². The van der Waals surface area contributed by atoms with Gasteiger partial charge in [0.05, 0.1) is 17.7 Å². The topological polar surface area (TPSA) is 67.4 Å². The number of halogens is 2. The zero-order valence-corrected chi connectivity index (χ0v) is 19.8. The van der Waals surface area contributed by atoms with Gasteiger partial charge >= 0.3 is 0 Å². The van der Waals surface area contributed by atoms with Gasteiger partial charge in [-0.3, -0.25) is 9.59 Å². The van der Waals surface area contributed by atoms with Crippen LogP contribution in [-0.4, -0.2) is 18.9 Å². The maximum atomic E-state index is 12.7. The molecule has 166 valence electrons. The molecule has 2 N–H and O–H groups in total. The van der Waals surface area contributed by atoms with E-state index in [0.29, 0.717) is 22.0 Å². The van der Waals surface area contributed by atoms with Crippen LogP contribution in [0.2, 0.25) is 10.0 Å². The third-order valence-electron chi connectivity index (χ3n) is 4.87. The predicted molar refractivity (Wildman–Crippen MR) is 131 cm³/mol. The summed E-state index contributed by atoms with van der Waals surface area (Å²) in [6, 6.07) is 17.3. The lowest BCUT2D eigenvalue weighted by molar-refractivity contribution is 0.101. The van der Waals surface area contributed by atoms with Gasteiger partial charge in [-0.1, -0.05) is 56.1 Å². The van der Waals surface area contributed by atoms with Gasteiger partial charge in [-0.25, -0.2) is 0 Å². The first-order chi connectivity index (χ1) is 15.1. The van der Waals surface area contributed by atoms with E-state index in [1.165, 1.54) is 19.2 Å². The average Bonchev–Trinajstić information content (AvgIpc) is 2.74. The van der Waals surface area contributed by atoms with Crippen LogP contribution in [0.3, 0.4) is 0 Å². The van der Waals surface area contributed by atoms with Gasteiger partial charge in [0, 0.05) is 22.0 Å². The number of carbonyl (C=O) groups is 2. The highest BCUT2D eigenvalue weighted by Crippen LogP contribution is 2.32. The standard InChI is InChI=1S/C25H24Cl2N2O3/c1-25(2,3)16-7-5-15(6-8-16)23(30)28-18-9-11-19(12-10-18)29-24(31)20-13-17(26)14-21(27)22(20)32-4/h5-14H,1-4H3,(H,28,30)(H,29,31). The van der Waals surface area contributed by atoms with Gasteiger partial charge in [-0.2, -0.15) is 0 Å². The molecule has 0 fully saturated rings. The molecule has 32 heavy (non-hydrogen) atoms. The first-order valence-electron chi connectivity index (χ1n) is 9.95. The van der Waals surface area contributed by atoms with Gasteiger partial charge in [-0.15, -0.1) is 0 Å². The molecule has 5 nitrogen and oxygen atoms in total. The Morgan fingerprint density at radius 2 is 1.34 bits per heavy atom. The second kappa shape index (κ2) is 9.63. The highest BCUT2D eigenvalue weighted by molar-refractivity contribution is 6.36. The number of nitrogens with one attached hydrogen (secondary N) is 2. The number of amides is 2. The molecule has 0 aliphatic rings. The number of ether oxygens (including phenoxy) is 1. The minimum absolute atomic E-state index is 0.0235. The van der Waals surface area contributed by atoms with Crippen LogP contribution in [0.25, 0.3) is 0 Å². The summed E-state index contributed by atoms with van der Waals surface area (Å²) >= 11 is 12.1. The Kier molecular flexibility index (Phi) is 7.12. The van der Waals surface area contributed by atoms with E-state index in [1.54, 1.807) is 24.3 Å². The van der Waals surface area contributed by atoms with Gasteiger partial charge in [0.15, 0.2) is 0 Å². The molecule has 7 heteroatoms. The first-order valence-corrected chi connectivity index (χ1v) is 10.7. The summed E-state index contributed by atoms with van der Waals surface area (Å²) < 4.78 is 5.22. The predicted octanol–water partition coefficient (Wildman–Crippen LogP) is 6.80. The summed E-state index contributed by atoms with van der Waals surface area (Å²) in [5.41, 5.74) is 3.13. The van der Waals surface area contributed by atoms with Crippen molar-refractivity contribution in [1.29, 1.82) is 0 Å². The summed E-state index contributed by atoms with van der Waals surface area (Å²) in [7, 11) is 1.43. The van der Waals surface area contributed by atoms with E-state index in [0.717, 1.165) is 5.56 Å². The zero-order chi connectivity index (χ0) is 23.5. The molecule has 0 saturated heterocycles. The molecular formula is C25H24Cl2N2O3. The van der Waals surface area contributed by atoms with Crippen molar-refractivity contribution in [1.82, 2.24) is 0 Å². The molecular weight excluding hydrogens is 447 g/mol. The summed E-state index contributed by atoms with van der Waals surface area (Å²) in [5, 5.41) is 6.20. The molecule has 0 bridgehead atoms. The Morgan fingerprint density at radius 3 is 1.84 bits per heavy atom. The van der Waals surface area contributed by atoms with E-state index >= 15 is 0 Å². The fourth-order valence-electron chi connectivity index (χ4n) is 3.10. The number of methoxy groups -OCH3 is 1. The molecule has 0 spiro atoms. The maximum absolute atomic E-state index is 12.7. The Morgan fingerprint density at radius 1 is 0.812 bits per heavy atom. The largest absolute Gasteiger partial charge is 0.494 e. The smallest absolute Gasteiger partial charge is 0.259 e. The average molecular weight is 471 g/mol. The zero-order valence-electron chi connectivity index (χ0n) is 18.3. The lowest BCUT2D eigenvalue weighted by Crippen LogP contribution is -2.15. The van der Waals surface area contributed by atoms with E-state index in [-0.39, 0.29) is 27.7 Å². The van der Waals surface area contributed by atoms with Crippen molar-refractivity contribution in [2.75, 3.05) is 17.7 Å². The number of carbonyl (C=O) groups excluding carboxylic acids is 2. The van der Waals surface area contributed by atoms with Crippen molar-refractivity contribution in [3.8, 4) is 5.75 Å². The molecule has 0 aromatic heterocycles. The molecule has 3 aromatic rings. The second-order valence-electron chi connectivity index (χ2n) is 8.28. The number of rotatable bonds is 5. The molecule has 3 rings (SSSR count). The van der Waals surface area contributed by atoms with Gasteiger partial charge in [-0.05, 0) is 59.5 Å². The van der Waals surface area contributed by atoms with Crippen LogP contribution < -0.4 is 15.4 Å². The summed E-state index contributed by atoms with van der Waals surface area (Å²) in [6.07, 6.45) is 0. The van der Waals surface area contributed by atoms with Crippen LogP contribution in [0.5, 0.6) is 5.75 Å². The summed E-state index contributed by atoms with van der Waals surface area (Å²) in [4.78, 5) is 25.2. The van der Waals surface area contributed by atoms with E-state index in [2.05, 4.69) is 31.4 Å². The van der Waals surface area contributed by atoms with Crippen LogP contribution >= 0.6 is 23.2 Å². The summed E-state index contributed by atoms with van der Waals surface area (Å²) in [6.45, 7) is 6.37. The number of anilines is 2. The van der Waals surface area contributed by atoms with Crippen LogP contribution in [0.4, 0.5) is 11.4 Å². The lowest BCUT2D eigenvalue weighted by Gasteiger charge is -2.19.